The first-order chi connectivity index (χ1) is 15.2. The second-order valence-electron chi connectivity index (χ2n) is 7.61. The standard InChI is InChI=1S/C22H25N7O2/c1-31-16-2-3-17-15(12-16)13-21(25-17)29-9-5-18(27-29)22(30)26-19-14-24-6-4-20(19)28-10-7-23-8-11-28/h2-4,6,12-14,23,25H,5,7-11H2,1H3,(H,26,30). The minimum atomic E-state index is -0.190. The number of carbonyl (C=O) groups is 1. The number of pyridine rings is 1. The van der Waals surface area contributed by atoms with Gasteiger partial charge >= 0.3 is 0 Å². The highest BCUT2D eigenvalue weighted by atomic mass is 16.5. The van der Waals surface area contributed by atoms with Gasteiger partial charge in [-0.3, -0.25) is 9.78 Å². The van der Waals surface area contributed by atoms with Crippen molar-refractivity contribution in [3.63, 3.8) is 0 Å². The van der Waals surface area contributed by atoms with Crippen LogP contribution in [0.5, 0.6) is 5.75 Å². The number of H-pyrrole nitrogens is 1. The minimum absolute atomic E-state index is 0.190. The molecule has 5 rings (SSSR count). The van der Waals surface area contributed by atoms with Gasteiger partial charge in [0.2, 0.25) is 0 Å². The third kappa shape index (κ3) is 3.91. The van der Waals surface area contributed by atoms with E-state index in [-0.39, 0.29) is 5.91 Å². The van der Waals surface area contributed by atoms with Gasteiger partial charge in [0.05, 0.1) is 24.7 Å². The Bertz CT molecular complexity index is 1130. The van der Waals surface area contributed by atoms with Crippen molar-refractivity contribution < 1.29 is 9.53 Å². The summed E-state index contributed by atoms with van der Waals surface area (Å²) in [5.41, 5.74) is 3.21. The molecule has 2 aromatic heterocycles. The van der Waals surface area contributed by atoms with Crippen molar-refractivity contribution >= 4 is 39.7 Å². The van der Waals surface area contributed by atoms with Crippen molar-refractivity contribution in [1.29, 1.82) is 0 Å². The number of carbonyl (C=O) groups excluding carboxylic acids is 1. The minimum Gasteiger partial charge on any atom is -0.497 e. The van der Waals surface area contributed by atoms with Crippen LogP contribution in [0.2, 0.25) is 0 Å². The molecule has 1 saturated heterocycles. The number of aromatic amines is 1. The molecule has 1 fully saturated rings. The van der Waals surface area contributed by atoms with E-state index in [9.17, 15) is 4.79 Å². The highest BCUT2D eigenvalue weighted by Crippen LogP contribution is 2.28. The Morgan fingerprint density at radius 2 is 2.03 bits per heavy atom. The Morgan fingerprint density at radius 3 is 2.87 bits per heavy atom. The normalized spacial score (nSPS) is 16.5. The monoisotopic (exact) mass is 419 g/mol. The summed E-state index contributed by atoms with van der Waals surface area (Å²) >= 11 is 0. The first kappa shape index (κ1) is 19.4. The van der Waals surface area contributed by atoms with Gasteiger partial charge in [-0.25, -0.2) is 5.01 Å². The summed E-state index contributed by atoms with van der Waals surface area (Å²) in [4.78, 5) is 22.7. The predicted molar refractivity (Wildman–Crippen MR) is 122 cm³/mol. The third-order valence-corrected chi connectivity index (χ3v) is 5.66. The van der Waals surface area contributed by atoms with E-state index in [1.165, 1.54) is 0 Å². The number of hydrazone groups is 1. The number of aromatic nitrogens is 2. The van der Waals surface area contributed by atoms with Gasteiger partial charge in [0, 0.05) is 56.2 Å². The molecular weight excluding hydrogens is 394 g/mol. The number of amides is 1. The molecule has 0 radical (unpaired) electrons. The number of ether oxygens (including phenoxy) is 1. The fourth-order valence-electron chi connectivity index (χ4n) is 4.01. The Balaban J connectivity index is 1.33. The van der Waals surface area contributed by atoms with Gasteiger partial charge in [-0.2, -0.15) is 5.10 Å². The molecular formula is C22H25N7O2. The van der Waals surface area contributed by atoms with Gasteiger partial charge < -0.3 is 25.3 Å². The largest absolute Gasteiger partial charge is 0.497 e. The molecule has 2 aliphatic rings. The smallest absolute Gasteiger partial charge is 0.272 e. The number of nitrogens with zero attached hydrogens (tertiary/aromatic N) is 4. The Kier molecular flexibility index (Phi) is 5.17. The zero-order chi connectivity index (χ0) is 21.2. The summed E-state index contributed by atoms with van der Waals surface area (Å²) in [6.07, 6.45) is 4.04. The Morgan fingerprint density at radius 1 is 1.16 bits per heavy atom. The van der Waals surface area contributed by atoms with E-state index in [1.807, 2.05) is 35.3 Å². The molecule has 4 heterocycles. The summed E-state index contributed by atoms with van der Waals surface area (Å²) in [5.74, 6) is 1.47. The van der Waals surface area contributed by atoms with Crippen molar-refractivity contribution in [2.45, 2.75) is 6.42 Å². The molecule has 3 N–H and O–H groups in total. The van der Waals surface area contributed by atoms with Crippen LogP contribution in [0.1, 0.15) is 6.42 Å². The van der Waals surface area contributed by atoms with E-state index >= 15 is 0 Å². The number of hydrogen-bond acceptors (Lipinski definition) is 7. The van der Waals surface area contributed by atoms with E-state index in [2.05, 4.69) is 30.6 Å². The number of nitrogens with one attached hydrogen (secondary N) is 3. The summed E-state index contributed by atoms with van der Waals surface area (Å²) in [7, 11) is 1.65. The molecule has 1 aromatic carbocycles. The average molecular weight is 419 g/mol. The number of methoxy groups -OCH3 is 1. The molecule has 0 spiro atoms. The fraction of sp³-hybridized carbons (Fsp3) is 0.318. The highest BCUT2D eigenvalue weighted by Gasteiger charge is 2.24. The first-order valence-corrected chi connectivity index (χ1v) is 10.4. The molecule has 31 heavy (non-hydrogen) atoms. The van der Waals surface area contributed by atoms with Crippen molar-refractivity contribution in [1.82, 2.24) is 15.3 Å². The molecule has 1 amide bonds. The summed E-state index contributed by atoms with van der Waals surface area (Å²) in [6.45, 7) is 4.28. The third-order valence-electron chi connectivity index (χ3n) is 5.66. The zero-order valence-corrected chi connectivity index (χ0v) is 17.4. The van der Waals surface area contributed by atoms with Crippen molar-refractivity contribution in [3.05, 3.63) is 42.7 Å². The van der Waals surface area contributed by atoms with Crippen LogP contribution < -0.4 is 25.3 Å². The number of fused-ring (bicyclic) bond motifs is 1. The van der Waals surface area contributed by atoms with E-state index in [0.29, 0.717) is 24.4 Å². The van der Waals surface area contributed by atoms with Crippen molar-refractivity contribution in [3.8, 4) is 5.75 Å². The number of anilines is 3. The van der Waals surface area contributed by atoms with Crippen LogP contribution in [0.15, 0.2) is 47.8 Å². The maximum absolute atomic E-state index is 12.9. The van der Waals surface area contributed by atoms with Gasteiger partial charge in [-0.1, -0.05) is 0 Å². The summed E-state index contributed by atoms with van der Waals surface area (Å²) < 4.78 is 5.30. The van der Waals surface area contributed by atoms with Crippen LogP contribution in [0.4, 0.5) is 17.2 Å². The molecule has 0 atom stereocenters. The van der Waals surface area contributed by atoms with E-state index in [4.69, 9.17) is 4.74 Å². The molecule has 0 bridgehead atoms. The second-order valence-corrected chi connectivity index (χ2v) is 7.61. The van der Waals surface area contributed by atoms with Gasteiger partial charge in [-0.15, -0.1) is 0 Å². The number of hydrogen-bond donors (Lipinski definition) is 3. The number of piperazine rings is 1. The molecule has 3 aromatic rings. The lowest BCUT2D eigenvalue weighted by Gasteiger charge is -2.30. The molecule has 0 aliphatic carbocycles. The van der Waals surface area contributed by atoms with E-state index < -0.39 is 0 Å². The van der Waals surface area contributed by atoms with Crippen LogP contribution in [0.25, 0.3) is 10.9 Å². The summed E-state index contributed by atoms with van der Waals surface area (Å²) in [5, 5.41) is 13.8. The van der Waals surface area contributed by atoms with Gasteiger partial charge in [0.25, 0.3) is 5.91 Å². The fourth-order valence-corrected chi connectivity index (χ4v) is 4.01. The van der Waals surface area contributed by atoms with Crippen LogP contribution in [0, 0.1) is 0 Å². The number of benzene rings is 1. The van der Waals surface area contributed by atoms with E-state index in [1.54, 1.807) is 19.5 Å². The molecule has 0 unspecified atom stereocenters. The van der Waals surface area contributed by atoms with Crippen molar-refractivity contribution in [2.75, 3.05) is 55.1 Å². The molecule has 2 aliphatic heterocycles. The summed E-state index contributed by atoms with van der Waals surface area (Å²) in [6, 6.07) is 9.83. The van der Waals surface area contributed by atoms with Gasteiger partial charge in [0.15, 0.2) is 0 Å². The van der Waals surface area contributed by atoms with Crippen LogP contribution >= 0.6 is 0 Å². The quantitative estimate of drug-likeness (QED) is 0.587. The molecule has 9 heteroatoms. The van der Waals surface area contributed by atoms with Gasteiger partial charge in [0.1, 0.15) is 17.3 Å². The van der Waals surface area contributed by atoms with Crippen molar-refractivity contribution in [2.24, 2.45) is 5.10 Å². The maximum Gasteiger partial charge on any atom is 0.272 e. The van der Waals surface area contributed by atoms with Crippen LogP contribution in [0.3, 0.4) is 0 Å². The first-order valence-electron chi connectivity index (χ1n) is 10.4. The lowest BCUT2D eigenvalue weighted by molar-refractivity contribution is -0.110. The molecule has 0 saturated carbocycles. The SMILES string of the molecule is COc1ccc2[nH]c(N3CCC(C(=O)Nc4cnccc4N4CCNCC4)=N3)cc2c1. The second kappa shape index (κ2) is 8.27. The van der Waals surface area contributed by atoms with E-state index in [0.717, 1.165) is 54.3 Å². The topological polar surface area (TPSA) is 97.9 Å². The molecule has 160 valence electrons. The van der Waals surface area contributed by atoms with Crippen LogP contribution in [-0.4, -0.2) is 61.4 Å². The van der Waals surface area contributed by atoms with Crippen LogP contribution in [-0.2, 0) is 4.79 Å². The zero-order valence-electron chi connectivity index (χ0n) is 17.4. The Hall–Kier alpha value is -3.59. The highest BCUT2D eigenvalue weighted by molar-refractivity contribution is 6.44. The van der Waals surface area contributed by atoms with Gasteiger partial charge in [-0.05, 0) is 30.3 Å². The lowest BCUT2D eigenvalue weighted by Crippen LogP contribution is -2.43. The predicted octanol–water partition coefficient (Wildman–Crippen LogP) is 2.19. The molecule has 9 nitrogen and oxygen atoms in total. The maximum atomic E-state index is 12.9. The average Bonchev–Trinajstić information content (AvgIpc) is 3.47. The lowest BCUT2D eigenvalue weighted by atomic mass is 10.2. The number of rotatable bonds is 5. The Labute approximate surface area is 180 Å².